The molecule has 0 unspecified atom stereocenters. The maximum Gasteiger partial charge on any atom is 0.141 e. The first-order valence-corrected chi connectivity index (χ1v) is 8.94. The fourth-order valence-electron chi connectivity index (χ4n) is 1.74. The van der Waals surface area contributed by atoms with Crippen molar-refractivity contribution in [2.24, 2.45) is 0 Å². The third-order valence-electron chi connectivity index (χ3n) is 2.84. The smallest absolute Gasteiger partial charge is 0.141 e. The van der Waals surface area contributed by atoms with Crippen LogP contribution < -0.4 is 0 Å². The van der Waals surface area contributed by atoms with Crippen molar-refractivity contribution >= 4 is 11.8 Å². The summed E-state index contributed by atoms with van der Waals surface area (Å²) in [6, 6.07) is 0. The van der Waals surface area contributed by atoms with Gasteiger partial charge in [-0.15, -0.1) is 12.2 Å². The van der Waals surface area contributed by atoms with Crippen molar-refractivity contribution in [1.29, 1.82) is 0 Å². The van der Waals surface area contributed by atoms with Crippen LogP contribution >= 0.6 is 11.8 Å². The zero-order valence-electron chi connectivity index (χ0n) is 14.9. The van der Waals surface area contributed by atoms with E-state index < -0.39 is 0 Å². The SMILES string of the molecule is C#C/C=C\C=C/COC1=C(SC(/C=C\C(=C)C)=C/CC)C=CC=C=C1. The Labute approximate surface area is 156 Å². The maximum atomic E-state index is 5.89. The van der Waals surface area contributed by atoms with Crippen molar-refractivity contribution in [2.75, 3.05) is 6.61 Å². The van der Waals surface area contributed by atoms with Gasteiger partial charge in [0, 0.05) is 11.0 Å². The lowest BCUT2D eigenvalue weighted by Crippen LogP contribution is -1.92. The zero-order valence-corrected chi connectivity index (χ0v) is 15.7. The van der Waals surface area contributed by atoms with Gasteiger partial charge in [0.25, 0.3) is 0 Å². The highest BCUT2D eigenvalue weighted by Gasteiger charge is 2.07. The number of hydrogen-bond donors (Lipinski definition) is 0. The van der Waals surface area contributed by atoms with E-state index in [0.717, 1.165) is 27.6 Å². The number of terminal acetylenes is 1. The average molecular weight is 349 g/mol. The second kappa shape index (κ2) is 12.8. The Kier molecular flexibility index (Phi) is 10.5. The second-order valence-corrected chi connectivity index (χ2v) is 6.24. The molecule has 0 atom stereocenters. The van der Waals surface area contributed by atoms with E-state index in [2.05, 4.69) is 37.3 Å². The van der Waals surface area contributed by atoms with E-state index in [1.54, 1.807) is 23.9 Å². The Bertz CT molecular complexity index is 739. The maximum absolute atomic E-state index is 5.89. The lowest BCUT2D eigenvalue weighted by Gasteiger charge is -2.10. The highest BCUT2D eigenvalue weighted by atomic mass is 32.2. The summed E-state index contributed by atoms with van der Waals surface area (Å²) in [6.07, 6.45) is 27.4. The molecule has 128 valence electrons. The molecule has 0 N–H and O–H groups in total. The summed E-state index contributed by atoms with van der Waals surface area (Å²) in [7, 11) is 0. The Morgan fingerprint density at radius 2 is 2.24 bits per heavy atom. The molecule has 0 fully saturated rings. The van der Waals surface area contributed by atoms with Crippen molar-refractivity contribution in [3.05, 3.63) is 100 Å². The normalized spacial score (nSPS) is 14.7. The van der Waals surface area contributed by atoms with Crippen molar-refractivity contribution < 1.29 is 4.74 Å². The summed E-state index contributed by atoms with van der Waals surface area (Å²) in [5, 5.41) is 0. The summed E-state index contributed by atoms with van der Waals surface area (Å²) < 4.78 is 5.89. The molecule has 0 saturated carbocycles. The Morgan fingerprint density at radius 3 is 2.96 bits per heavy atom. The third-order valence-corrected chi connectivity index (χ3v) is 3.93. The van der Waals surface area contributed by atoms with Crippen molar-refractivity contribution in [3.63, 3.8) is 0 Å². The minimum absolute atomic E-state index is 0.467. The van der Waals surface area contributed by atoms with Gasteiger partial charge in [-0.25, -0.2) is 0 Å². The predicted octanol–water partition coefficient (Wildman–Crippen LogP) is 6.40. The summed E-state index contributed by atoms with van der Waals surface area (Å²) in [6.45, 7) is 8.49. The number of ether oxygens (including phenoxy) is 1. The molecule has 25 heavy (non-hydrogen) atoms. The van der Waals surface area contributed by atoms with Gasteiger partial charge in [-0.3, -0.25) is 0 Å². The molecule has 2 heteroatoms. The molecule has 0 amide bonds. The molecule has 0 radical (unpaired) electrons. The Hall–Kier alpha value is -2.59. The molecule has 0 aromatic carbocycles. The minimum atomic E-state index is 0.467. The molecule has 0 spiro atoms. The van der Waals surface area contributed by atoms with Crippen LogP contribution in [0.5, 0.6) is 0 Å². The van der Waals surface area contributed by atoms with Crippen molar-refractivity contribution in [3.8, 4) is 12.3 Å². The monoisotopic (exact) mass is 348 g/mol. The molecule has 0 aliphatic heterocycles. The summed E-state index contributed by atoms with van der Waals surface area (Å²) in [5.41, 5.74) is 4.12. The van der Waals surface area contributed by atoms with E-state index in [-0.39, 0.29) is 0 Å². The van der Waals surface area contributed by atoms with Crippen LogP contribution in [-0.2, 0) is 4.74 Å². The third kappa shape index (κ3) is 9.33. The molecule has 0 bridgehead atoms. The molecule has 1 nitrogen and oxygen atoms in total. The number of allylic oxidation sites excluding steroid dienone is 10. The molecule has 0 saturated heterocycles. The lowest BCUT2D eigenvalue weighted by molar-refractivity contribution is 0.261. The first kappa shape index (κ1) is 20.5. The summed E-state index contributed by atoms with van der Waals surface area (Å²) in [5.74, 6) is 3.24. The van der Waals surface area contributed by atoms with Crippen molar-refractivity contribution in [2.45, 2.75) is 20.3 Å². The highest BCUT2D eigenvalue weighted by Crippen LogP contribution is 2.32. The standard InChI is InChI=1S/C23H24OS/c1-5-7-8-9-13-19-24-22-15-11-10-12-16-23(22)25-21(14-6-2)18-17-20(3)4/h1,7-10,12-18H,3,6,19H2,2,4H3/b8-7-,13-9-,18-17-,21-14+. The fraction of sp³-hybridized carbons (Fsp3) is 0.174. The Balaban J connectivity index is 2.91. The van der Waals surface area contributed by atoms with Crippen LogP contribution in [-0.4, -0.2) is 6.61 Å². The Morgan fingerprint density at radius 1 is 1.40 bits per heavy atom. The zero-order chi connectivity index (χ0) is 18.3. The van der Waals surface area contributed by atoms with Crippen LogP contribution in [0.25, 0.3) is 0 Å². The van der Waals surface area contributed by atoms with E-state index in [1.807, 2.05) is 49.5 Å². The second-order valence-electron chi connectivity index (χ2n) is 5.13. The average Bonchev–Trinajstić information content (AvgIpc) is 2.81. The topological polar surface area (TPSA) is 9.23 Å². The molecule has 1 aliphatic rings. The highest BCUT2D eigenvalue weighted by molar-refractivity contribution is 8.07. The summed E-state index contributed by atoms with van der Waals surface area (Å²) >= 11 is 1.67. The first-order valence-electron chi connectivity index (χ1n) is 8.13. The molecular formula is C23H24OS. The van der Waals surface area contributed by atoms with E-state index in [4.69, 9.17) is 11.2 Å². The van der Waals surface area contributed by atoms with E-state index in [9.17, 15) is 0 Å². The summed E-state index contributed by atoms with van der Waals surface area (Å²) in [4.78, 5) is 2.20. The van der Waals surface area contributed by atoms with Crippen LogP contribution in [0.15, 0.2) is 100 Å². The molecular weight excluding hydrogens is 324 g/mol. The van der Waals surface area contributed by atoms with Gasteiger partial charge in [0.2, 0.25) is 0 Å². The molecule has 0 aromatic rings. The van der Waals surface area contributed by atoms with Gasteiger partial charge in [0.1, 0.15) is 12.4 Å². The van der Waals surface area contributed by atoms with Gasteiger partial charge in [-0.05, 0) is 43.7 Å². The van der Waals surface area contributed by atoms with Gasteiger partial charge in [-0.2, -0.15) is 0 Å². The van der Waals surface area contributed by atoms with Crippen LogP contribution in [0.4, 0.5) is 0 Å². The molecule has 1 rings (SSSR count). The van der Waals surface area contributed by atoms with E-state index >= 15 is 0 Å². The van der Waals surface area contributed by atoms with Gasteiger partial charge in [0.15, 0.2) is 0 Å². The predicted molar refractivity (Wildman–Crippen MR) is 112 cm³/mol. The van der Waals surface area contributed by atoms with Crippen LogP contribution in [0.2, 0.25) is 0 Å². The largest absolute Gasteiger partial charge is 0.488 e. The van der Waals surface area contributed by atoms with Crippen LogP contribution in [0, 0.1) is 12.3 Å². The van der Waals surface area contributed by atoms with Gasteiger partial charge in [0.05, 0.1) is 4.91 Å². The van der Waals surface area contributed by atoms with E-state index in [0.29, 0.717) is 6.61 Å². The lowest BCUT2D eigenvalue weighted by atomic mass is 10.3. The molecule has 1 aliphatic carbocycles. The van der Waals surface area contributed by atoms with Crippen molar-refractivity contribution in [1.82, 2.24) is 0 Å². The minimum Gasteiger partial charge on any atom is -0.488 e. The number of thioether (sulfide) groups is 1. The van der Waals surface area contributed by atoms with Gasteiger partial charge >= 0.3 is 0 Å². The van der Waals surface area contributed by atoms with Gasteiger partial charge in [-0.1, -0.05) is 67.1 Å². The molecule has 0 aromatic heterocycles. The first-order chi connectivity index (χ1) is 12.2. The van der Waals surface area contributed by atoms with E-state index in [1.165, 1.54) is 0 Å². The van der Waals surface area contributed by atoms with Crippen LogP contribution in [0.1, 0.15) is 20.3 Å². The number of hydrogen-bond acceptors (Lipinski definition) is 2. The molecule has 0 heterocycles. The number of rotatable bonds is 9. The van der Waals surface area contributed by atoms with Crippen LogP contribution in [0.3, 0.4) is 0 Å². The van der Waals surface area contributed by atoms with Gasteiger partial charge < -0.3 is 4.74 Å². The quantitative estimate of drug-likeness (QED) is 0.271. The fourth-order valence-corrected chi connectivity index (χ4v) is 2.75.